The van der Waals surface area contributed by atoms with Gasteiger partial charge in [-0.3, -0.25) is 0 Å². The fourth-order valence-electron chi connectivity index (χ4n) is 3.17. The highest BCUT2D eigenvalue weighted by Crippen LogP contribution is 2.35. The SMILES string of the molecule is Cc1nnc(C2C=CC(N)C2)n1C1CCCC1. The Labute approximate surface area is 102 Å². The first-order valence-corrected chi connectivity index (χ1v) is 6.61. The first kappa shape index (κ1) is 11.0. The zero-order valence-corrected chi connectivity index (χ0v) is 10.3. The summed E-state index contributed by atoms with van der Waals surface area (Å²) in [7, 11) is 0. The summed E-state index contributed by atoms with van der Waals surface area (Å²) in [6.07, 6.45) is 10.5. The van der Waals surface area contributed by atoms with Gasteiger partial charge in [-0.25, -0.2) is 0 Å². The lowest BCUT2D eigenvalue weighted by Gasteiger charge is -2.18. The van der Waals surface area contributed by atoms with Crippen molar-refractivity contribution in [3.05, 3.63) is 23.8 Å². The number of hydrogen-bond acceptors (Lipinski definition) is 3. The molecule has 0 spiro atoms. The van der Waals surface area contributed by atoms with E-state index < -0.39 is 0 Å². The van der Waals surface area contributed by atoms with Crippen molar-refractivity contribution in [2.75, 3.05) is 0 Å². The maximum atomic E-state index is 5.93. The molecule has 1 aromatic heterocycles. The first-order chi connectivity index (χ1) is 8.25. The molecule has 2 aliphatic rings. The smallest absolute Gasteiger partial charge is 0.140 e. The molecule has 2 unspecified atom stereocenters. The van der Waals surface area contributed by atoms with Crippen molar-refractivity contribution >= 4 is 0 Å². The van der Waals surface area contributed by atoms with Crippen LogP contribution in [0.25, 0.3) is 0 Å². The third kappa shape index (κ3) is 1.90. The summed E-state index contributed by atoms with van der Waals surface area (Å²) in [5.74, 6) is 2.55. The molecule has 0 bridgehead atoms. The van der Waals surface area contributed by atoms with Crippen LogP contribution in [0.2, 0.25) is 0 Å². The van der Waals surface area contributed by atoms with E-state index >= 15 is 0 Å². The molecule has 0 saturated heterocycles. The number of allylic oxidation sites excluding steroid dienone is 1. The van der Waals surface area contributed by atoms with Crippen LogP contribution >= 0.6 is 0 Å². The Bertz CT molecular complexity index is 429. The molecule has 17 heavy (non-hydrogen) atoms. The maximum absolute atomic E-state index is 5.93. The Morgan fingerprint density at radius 2 is 2.00 bits per heavy atom. The summed E-state index contributed by atoms with van der Waals surface area (Å²) in [6.45, 7) is 2.06. The summed E-state index contributed by atoms with van der Waals surface area (Å²) in [5, 5.41) is 8.65. The lowest BCUT2D eigenvalue weighted by atomic mass is 10.1. The van der Waals surface area contributed by atoms with Gasteiger partial charge >= 0.3 is 0 Å². The van der Waals surface area contributed by atoms with Gasteiger partial charge in [-0.05, 0) is 26.2 Å². The van der Waals surface area contributed by atoms with E-state index in [4.69, 9.17) is 5.73 Å². The van der Waals surface area contributed by atoms with Crippen LogP contribution in [0.15, 0.2) is 12.2 Å². The molecule has 3 rings (SSSR count). The van der Waals surface area contributed by atoms with Gasteiger partial charge in [-0.1, -0.05) is 25.0 Å². The van der Waals surface area contributed by atoms with Gasteiger partial charge in [0.15, 0.2) is 0 Å². The molecule has 1 aromatic rings. The monoisotopic (exact) mass is 232 g/mol. The van der Waals surface area contributed by atoms with Gasteiger partial charge in [0.05, 0.1) is 0 Å². The summed E-state index contributed by atoms with van der Waals surface area (Å²) < 4.78 is 2.36. The van der Waals surface area contributed by atoms with Gasteiger partial charge < -0.3 is 10.3 Å². The quantitative estimate of drug-likeness (QED) is 0.794. The van der Waals surface area contributed by atoms with Crippen LogP contribution in [0.5, 0.6) is 0 Å². The van der Waals surface area contributed by atoms with Crippen molar-refractivity contribution in [2.45, 2.75) is 57.0 Å². The van der Waals surface area contributed by atoms with Crippen LogP contribution in [-0.4, -0.2) is 20.8 Å². The number of nitrogens with zero attached hydrogens (tertiary/aromatic N) is 3. The van der Waals surface area contributed by atoms with Gasteiger partial charge in [0.2, 0.25) is 0 Å². The van der Waals surface area contributed by atoms with Crippen LogP contribution in [-0.2, 0) is 0 Å². The molecule has 4 heteroatoms. The van der Waals surface area contributed by atoms with Crippen molar-refractivity contribution in [1.82, 2.24) is 14.8 Å². The molecule has 92 valence electrons. The zero-order chi connectivity index (χ0) is 11.8. The van der Waals surface area contributed by atoms with Gasteiger partial charge in [-0.15, -0.1) is 10.2 Å². The highest BCUT2D eigenvalue weighted by atomic mass is 15.3. The summed E-state index contributed by atoms with van der Waals surface area (Å²) in [6, 6.07) is 0.805. The topological polar surface area (TPSA) is 56.7 Å². The molecular formula is C13H20N4. The van der Waals surface area contributed by atoms with Crippen LogP contribution < -0.4 is 5.73 Å². The predicted molar refractivity (Wildman–Crippen MR) is 66.7 cm³/mol. The molecule has 1 fully saturated rings. The fraction of sp³-hybridized carbons (Fsp3) is 0.692. The van der Waals surface area contributed by atoms with E-state index in [-0.39, 0.29) is 6.04 Å². The van der Waals surface area contributed by atoms with E-state index in [0.29, 0.717) is 12.0 Å². The first-order valence-electron chi connectivity index (χ1n) is 6.61. The minimum Gasteiger partial charge on any atom is -0.324 e. The Kier molecular flexibility index (Phi) is 2.74. The van der Waals surface area contributed by atoms with Crippen molar-refractivity contribution in [2.24, 2.45) is 5.73 Å². The number of nitrogens with two attached hydrogens (primary N) is 1. The van der Waals surface area contributed by atoms with Crippen LogP contribution in [0, 0.1) is 6.92 Å². The minimum atomic E-state index is 0.189. The Morgan fingerprint density at radius 1 is 1.24 bits per heavy atom. The second-order valence-electron chi connectivity index (χ2n) is 5.30. The lowest BCUT2D eigenvalue weighted by molar-refractivity contribution is 0.474. The number of aromatic nitrogens is 3. The lowest BCUT2D eigenvalue weighted by Crippen LogP contribution is -2.17. The average molecular weight is 232 g/mol. The molecule has 4 nitrogen and oxygen atoms in total. The summed E-state index contributed by atoms with van der Waals surface area (Å²) in [4.78, 5) is 0. The Balaban J connectivity index is 1.91. The van der Waals surface area contributed by atoms with Gasteiger partial charge in [0, 0.05) is 18.0 Å². The minimum absolute atomic E-state index is 0.189. The highest BCUT2D eigenvalue weighted by molar-refractivity contribution is 5.18. The molecule has 0 amide bonds. The van der Waals surface area contributed by atoms with Crippen LogP contribution in [0.4, 0.5) is 0 Å². The summed E-state index contributed by atoms with van der Waals surface area (Å²) in [5.41, 5.74) is 5.93. The van der Waals surface area contributed by atoms with Crippen molar-refractivity contribution < 1.29 is 0 Å². The van der Waals surface area contributed by atoms with E-state index in [1.54, 1.807) is 0 Å². The molecule has 2 atom stereocenters. The van der Waals surface area contributed by atoms with Crippen molar-refractivity contribution in [1.29, 1.82) is 0 Å². The molecule has 0 aromatic carbocycles. The normalized spacial score (nSPS) is 29.3. The predicted octanol–water partition coefficient (Wildman–Crippen LogP) is 2.07. The van der Waals surface area contributed by atoms with E-state index in [2.05, 4.69) is 33.8 Å². The Morgan fingerprint density at radius 3 is 2.65 bits per heavy atom. The molecule has 2 aliphatic carbocycles. The van der Waals surface area contributed by atoms with Gasteiger partial charge in [0.1, 0.15) is 11.6 Å². The summed E-state index contributed by atoms with van der Waals surface area (Å²) >= 11 is 0. The maximum Gasteiger partial charge on any atom is 0.140 e. The highest BCUT2D eigenvalue weighted by Gasteiger charge is 2.28. The van der Waals surface area contributed by atoms with E-state index in [0.717, 1.165) is 18.1 Å². The average Bonchev–Trinajstić information content (AvgIpc) is 2.97. The second-order valence-corrected chi connectivity index (χ2v) is 5.30. The zero-order valence-electron chi connectivity index (χ0n) is 10.3. The fourth-order valence-corrected chi connectivity index (χ4v) is 3.17. The van der Waals surface area contributed by atoms with Crippen molar-refractivity contribution in [3.63, 3.8) is 0 Å². The third-order valence-electron chi connectivity index (χ3n) is 4.03. The Hall–Kier alpha value is -1.16. The van der Waals surface area contributed by atoms with E-state index in [9.17, 15) is 0 Å². The molecule has 1 saturated carbocycles. The van der Waals surface area contributed by atoms with Gasteiger partial charge in [0.25, 0.3) is 0 Å². The standard InChI is InChI=1S/C13H20N4/c1-9-15-16-13(10-6-7-11(14)8-10)17(9)12-4-2-3-5-12/h6-7,10-12H,2-5,8,14H2,1H3. The number of rotatable bonds is 2. The molecule has 0 radical (unpaired) electrons. The largest absolute Gasteiger partial charge is 0.324 e. The molecule has 1 heterocycles. The molecule has 2 N–H and O–H groups in total. The third-order valence-corrected chi connectivity index (χ3v) is 4.03. The van der Waals surface area contributed by atoms with Gasteiger partial charge in [-0.2, -0.15) is 0 Å². The van der Waals surface area contributed by atoms with Crippen LogP contribution in [0.1, 0.15) is 55.7 Å². The molecule has 0 aliphatic heterocycles. The number of hydrogen-bond donors (Lipinski definition) is 1. The van der Waals surface area contributed by atoms with E-state index in [1.165, 1.54) is 25.7 Å². The molecular weight excluding hydrogens is 212 g/mol. The number of aryl methyl sites for hydroxylation is 1. The van der Waals surface area contributed by atoms with Crippen LogP contribution in [0.3, 0.4) is 0 Å². The van der Waals surface area contributed by atoms with Crippen molar-refractivity contribution in [3.8, 4) is 0 Å². The second kappa shape index (κ2) is 4.26. The van der Waals surface area contributed by atoms with E-state index in [1.807, 2.05) is 0 Å².